The molecule has 0 aliphatic rings. The van der Waals surface area contributed by atoms with Crippen molar-refractivity contribution in [3.05, 3.63) is 18.0 Å². The number of ketones is 1. The molecule has 1 heterocycles. The van der Waals surface area contributed by atoms with E-state index >= 15 is 0 Å². The van der Waals surface area contributed by atoms with E-state index in [2.05, 4.69) is 12.0 Å². The van der Waals surface area contributed by atoms with Crippen molar-refractivity contribution in [2.45, 2.75) is 39.7 Å². The van der Waals surface area contributed by atoms with Gasteiger partial charge < -0.3 is 0 Å². The van der Waals surface area contributed by atoms with E-state index in [1.54, 1.807) is 6.20 Å². The molecule has 1 aromatic heterocycles. The second kappa shape index (κ2) is 4.80. The quantitative estimate of drug-likeness (QED) is 0.651. The molecule has 0 atom stereocenters. The summed E-state index contributed by atoms with van der Waals surface area (Å²) >= 11 is 0. The molecule has 0 saturated carbocycles. The lowest BCUT2D eigenvalue weighted by Gasteiger charge is -1.96. The number of aromatic nitrogens is 2. The van der Waals surface area contributed by atoms with Crippen LogP contribution in [-0.2, 0) is 6.54 Å². The lowest BCUT2D eigenvalue weighted by Crippen LogP contribution is -1.98. The predicted octanol–water partition coefficient (Wildman–Crippen LogP) is 2.28. The van der Waals surface area contributed by atoms with Crippen LogP contribution in [0.25, 0.3) is 0 Å². The second-order valence-electron chi connectivity index (χ2n) is 3.12. The highest BCUT2D eigenvalue weighted by atomic mass is 16.1. The average molecular weight is 180 g/mol. The minimum Gasteiger partial charge on any atom is -0.294 e. The van der Waals surface area contributed by atoms with Crippen LogP contribution in [0.2, 0.25) is 0 Å². The number of rotatable bonds is 5. The third-order valence-corrected chi connectivity index (χ3v) is 2.02. The summed E-state index contributed by atoms with van der Waals surface area (Å²) in [6, 6.07) is 0. The molecule has 0 aliphatic heterocycles. The zero-order valence-corrected chi connectivity index (χ0v) is 8.29. The number of carbonyl (C=O) groups is 1. The zero-order chi connectivity index (χ0) is 9.68. The Hall–Kier alpha value is -1.12. The Labute approximate surface area is 78.8 Å². The van der Waals surface area contributed by atoms with Crippen LogP contribution < -0.4 is 0 Å². The summed E-state index contributed by atoms with van der Waals surface area (Å²) < 4.78 is 1.84. The maximum atomic E-state index is 11.2. The van der Waals surface area contributed by atoms with Crippen LogP contribution >= 0.6 is 0 Å². The van der Waals surface area contributed by atoms with Gasteiger partial charge in [-0.25, -0.2) is 0 Å². The van der Waals surface area contributed by atoms with Crippen molar-refractivity contribution in [2.75, 3.05) is 0 Å². The van der Waals surface area contributed by atoms with Crippen LogP contribution in [0.1, 0.15) is 43.5 Å². The van der Waals surface area contributed by atoms with E-state index < -0.39 is 0 Å². The summed E-state index contributed by atoms with van der Waals surface area (Å²) in [5.41, 5.74) is 0.735. The standard InChI is InChI=1S/C10H16N2O/c1-3-5-6-12-8-9(7-11-12)10(13)4-2/h7-8H,3-6H2,1-2H3. The van der Waals surface area contributed by atoms with Crippen LogP contribution in [0.15, 0.2) is 12.4 Å². The van der Waals surface area contributed by atoms with Crippen LogP contribution in [0, 0.1) is 0 Å². The van der Waals surface area contributed by atoms with Crippen molar-refractivity contribution in [3.63, 3.8) is 0 Å². The fourth-order valence-electron chi connectivity index (χ4n) is 1.15. The predicted molar refractivity (Wildman–Crippen MR) is 51.8 cm³/mol. The van der Waals surface area contributed by atoms with Gasteiger partial charge in [-0.2, -0.15) is 5.10 Å². The minimum atomic E-state index is 0.169. The number of hydrogen-bond donors (Lipinski definition) is 0. The number of carbonyl (C=O) groups excluding carboxylic acids is 1. The Balaban J connectivity index is 2.58. The molecule has 0 N–H and O–H groups in total. The molecule has 3 nitrogen and oxygen atoms in total. The van der Waals surface area contributed by atoms with Crippen LogP contribution in [0.4, 0.5) is 0 Å². The summed E-state index contributed by atoms with van der Waals surface area (Å²) in [7, 11) is 0. The van der Waals surface area contributed by atoms with Gasteiger partial charge in [0.2, 0.25) is 0 Å². The summed E-state index contributed by atoms with van der Waals surface area (Å²) in [6.45, 7) is 4.92. The molecule has 3 heteroatoms. The maximum Gasteiger partial charge on any atom is 0.165 e. The van der Waals surface area contributed by atoms with Crippen molar-refractivity contribution < 1.29 is 4.79 Å². The van der Waals surface area contributed by atoms with E-state index in [0.717, 1.165) is 24.9 Å². The van der Waals surface area contributed by atoms with Gasteiger partial charge in [-0.3, -0.25) is 9.48 Å². The highest BCUT2D eigenvalue weighted by molar-refractivity contribution is 5.95. The molecule has 0 amide bonds. The van der Waals surface area contributed by atoms with Crippen molar-refractivity contribution >= 4 is 5.78 Å². The van der Waals surface area contributed by atoms with Crippen molar-refractivity contribution in [1.29, 1.82) is 0 Å². The molecule has 72 valence electrons. The van der Waals surface area contributed by atoms with Crippen molar-refractivity contribution in [3.8, 4) is 0 Å². The molecular formula is C10H16N2O. The van der Waals surface area contributed by atoms with Crippen molar-refractivity contribution in [1.82, 2.24) is 9.78 Å². The molecule has 0 aromatic carbocycles. The van der Waals surface area contributed by atoms with Crippen LogP contribution in [-0.4, -0.2) is 15.6 Å². The summed E-state index contributed by atoms with van der Waals surface area (Å²) in [4.78, 5) is 11.2. The number of nitrogens with zero attached hydrogens (tertiary/aromatic N) is 2. The Bertz CT molecular complexity index is 278. The lowest BCUT2D eigenvalue weighted by molar-refractivity contribution is 0.0988. The summed E-state index contributed by atoms with van der Waals surface area (Å²) in [5, 5.41) is 4.12. The molecule has 0 aliphatic carbocycles. The van der Waals surface area contributed by atoms with E-state index in [4.69, 9.17) is 0 Å². The first-order valence-electron chi connectivity index (χ1n) is 4.83. The third-order valence-electron chi connectivity index (χ3n) is 2.02. The Morgan fingerprint density at radius 1 is 1.54 bits per heavy atom. The largest absolute Gasteiger partial charge is 0.294 e. The first kappa shape index (κ1) is 9.96. The Morgan fingerprint density at radius 3 is 2.92 bits per heavy atom. The SMILES string of the molecule is CCCCn1cc(C(=O)CC)cn1. The van der Waals surface area contributed by atoms with E-state index in [1.807, 2.05) is 17.8 Å². The topological polar surface area (TPSA) is 34.9 Å². The average Bonchev–Trinajstić information content (AvgIpc) is 2.62. The molecule has 0 bridgehead atoms. The van der Waals surface area contributed by atoms with Gasteiger partial charge in [0.1, 0.15) is 0 Å². The minimum absolute atomic E-state index is 0.169. The van der Waals surface area contributed by atoms with Crippen LogP contribution in [0.5, 0.6) is 0 Å². The molecule has 1 rings (SSSR count). The first-order valence-corrected chi connectivity index (χ1v) is 4.83. The summed E-state index contributed by atoms with van der Waals surface area (Å²) in [5.74, 6) is 0.169. The molecule has 1 aromatic rings. The van der Waals surface area contributed by atoms with Gasteiger partial charge in [0, 0.05) is 19.2 Å². The van der Waals surface area contributed by atoms with E-state index in [0.29, 0.717) is 6.42 Å². The Kier molecular flexibility index (Phi) is 3.68. The smallest absolute Gasteiger partial charge is 0.165 e. The van der Waals surface area contributed by atoms with Gasteiger partial charge in [-0.15, -0.1) is 0 Å². The molecule has 0 saturated heterocycles. The highest BCUT2D eigenvalue weighted by Crippen LogP contribution is 2.02. The lowest BCUT2D eigenvalue weighted by atomic mass is 10.2. The number of aryl methyl sites for hydroxylation is 1. The zero-order valence-electron chi connectivity index (χ0n) is 8.29. The van der Waals surface area contributed by atoms with Gasteiger partial charge in [0.05, 0.1) is 11.8 Å². The fraction of sp³-hybridized carbons (Fsp3) is 0.600. The monoisotopic (exact) mass is 180 g/mol. The Morgan fingerprint density at radius 2 is 2.31 bits per heavy atom. The number of unbranched alkanes of at least 4 members (excludes halogenated alkanes) is 1. The van der Waals surface area contributed by atoms with E-state index in [9.17, 15) is 4.79 Å². The normalized spacial score (nSPS) is 10.3. The molecular weight excluding hydrogens is 164 g/mol. The molecule has 0 radical (unpaired) electrons. The third kappa shape index (κ3) is 2.68. The molecule has 0 unspecified atom stereocenters. The van der Waals surface area contributed by atoms with Crippen molar-refractivity contribution in [2.24, 2.45) is 0 Å². The van der Waals surface area contributed by atoms with Gasteiger partial charge in [-0.05, 0) is 6.42 Å². The maximum absolute atomic E-state index is 11.2. The van der Waals surface area contributed by atoms with E-state index in [-0.39, 0.29) is 5.78 Å². The van der Waals surface area contributed by atoms with Gasteiger partial charge >= 0.3 is 0 Å². The fourth-order valence-corrected chi connectivity index (χ4v) is 1.15. The summed E-state index contributed by atoms with van der Waals surface area (Å²) in [6.07, 6.45) is 6.31. The molecule has 0 spiro atoms. The second-order valence-corrected chi connectivity index (χ2v) is 3.12. The van der Waals surface area contributed by atoms with E-state index in [1.165, 1.54) is 0 Å². The van der Waals surface area contributed by atoms with Gasteiger partial charge in [0.25, 0.3) is 0 Å². The molecule has 13 heavy (non-hydrogen) atoms. The van der Waals surface area contributed by atoms with Gasteiger partial charge in [-0.1, -0.05) is 20.3 Å². The number of Topliss-reactive ketones (excluding diaryl/α,β-unsaturated/α-hetero) is 1. The van der Waals surface area contributed by atoms with Crippen LogP contribution in [0.3, 0.4) is 0 Å². The van der Waals surface area contributed by atoms with Gasteiger partial charge in [0.15, 0.2) is 5.78 Å². The highest BCUT2D eigenvalue weighted by Gasteiger charge is 2.05. The number of hydrogen-bond acceptors (Lipinski definition) is 2. The first-order chi connectivity index (χ1) is 6.27. The molecule has 0 fully saturated rings.